The minimum absolute atomic E-state index is 0.108. The van der Waals surface area contributed by atoms with Crippen LogP contribution in [0.3, 0.4) is 0 Å². The van der Waals surface area contributed by atoms with Crippen molar-refractivity contribution in [2.24, 2.45) is 23.2 Å². The number of nitrogens with one attached hydrogen (secondary N) is 2. The number of halogens is 1. The molecule has 7 rings (SSSR count). The first-order valence-corrected chi connectivity index (χ1v) is 12.9. The number of carbonyl (C=O) groups excluding carboxylic acids is 2. The van der Waals surface area contributed by atoms with Crippen molar-refractivity contribution in [2.75, 3.05) is 18.5 Å². The molecular formula is C26H29FN2O3S. The van der Waals surface area contributed by atoms with Gasteiger partial charge in [-0.2, -0.15) is 0 Å². The summed E-state index contributed by atoms with van der Waals surface area (Å²) in [7, 11) is 0. The van der Waals surface area contributed by atoms with Crippen molar-refractivity contribution in [3.8, 4) is 0 Å². The van der Waals surface area contributed by atoms with E-state index < -0.39 is 0 Å². The Hall–Kier alpha value is -2.25. The Morgan fingerprint density at radius 1 is 1.15 bits per heavy atom. The van der Waals surface area contributed by atoms with E-state index in [2.05, 4.69) is 10.6 Å². The molecule has 7 heteroatoms. The summed E-state index contributed by atoms with van der Waals surface area (Å²) in [5.41, 5.74) is 1.90. The molecule has 2 unspecified atom stereocenters. The summed E-state index contributed by atoms with van der Waals surface area (Å²) < 4.78 is 19.5. The van der Waals surface area contributed by atoms with Gasteiger partial charge in [-0.1, -0.05) is 18.2 Å². The van der Waals surface area contributed by atoms with Gasteiger partial charge in [0, 0.05) is 11.4 Å². The van der Waals surface area contributed by atoms with E-state index in [4.69, 9.17) is 4.74 Å². The topological polar surface area (TPSA) is 67.4 Å². The number of benzene rings is 1. The van der Waals surface area contributed by atoms with Gasteiger partial charge in [-0.15, -0.1) is 11.3 Å². The zero-order valence-electron chi connectivity index (χ0n) is 18.6. The van der Waals surface area contributed by atoms with E-state index in [0.29, 0.717) is 66.5 Å². The fourth-order valence-corrected chi connectivity index (χ4v) is 8.23. The van der Waals surface area contributed by atoms with Gasteiger partial charge >= 0.3 is 0 Å². The first kappa shape index (κ1) is 21.3. The molecule has 0 spiro atoms. The minimum atomic E-state index is -0.259. The van der Waals surface area contributed by atoms with Crippen molar-refractivity contribution in [3.05, 3.63) is 51.7 Å². The SMILES string of the molecule is O=C(NCCc1ccccc1F)c1c(NC(=O)C23CC4CC(CC2C4)C3)sc2c1CCOC2. The fraction of sp³-hybridized carbons (Fsp3) is 0.538. The van der Waals surface area contributed by atoms with Gasteiger partial charge in [0.1, 0.15) is 10.8 Å². The van der Waals surface area contributed by atoms with E-state index in [9.17, 15) is 14.0 Å². The van der Waals surface area contributed by atoms with Gasteiger partial charge in [-0.05, 0) is 79.9 Å². The quantitative estimate of drug-likeness (QED) is 0.646. The van der Waals surface area contributed by atoms with E-state index in [-0.39, 0.29) is 23.0 Å². The maximum atomic E-state index is 13.9. The lowest BCUT2D eigenvalue weighted by atomic mass is 9.75. The second-order valence-corrected chi connectivity index (χ2v) is 11.4. The van der Waals surface area contributed by atoms with Crippen molar-refractivity contribution in [1.29, 1.82) is 0 Å². The number of ether oxygens (including phenoxy) is 1. The molecule has 2 N–H and O–H groups in total. The first-order chi connectivity index (χ1) is 16.0. The van der Waals surface area contributed by atoms with Crippen molar-refractivity contribution >= 4 is 28.2 Å². The summed E-state index contributed by atoms with van der Waals surface area (Å²) in [6.07, 6.45) is 6.73. The normalized spacial score (nSPS) is 29.2. The molecule has 2 aromatic rings. The minimum Gasteiger partial charge on any atom is -0.376 e. The molecule has 2 atom stereocenters. The molecular weight excluding hydrogens is 439 g/mol. The Kier molecular flexibility index (Phi) is 5.29. The van der Waals surface area contributed by atoms with Crippen LogP contribution >= 0.6 is 11.3 Å². The summed E-state index contributed by atoms with van der Waals surface area (Å²) in [5.74, 6) is 1.54. The first-order valence-electron chi connectivity index (χ1n) is 12.1. The molecule has 4 saturated carbocycles. The van der Waals surface area contributed by atoms with Crippen LogP contribution in [0, 0.1) is 29.0 Å². The van der Waals surface area contributed by atoms with Gasteiger partial charge in [0.05, 0.1) is 24.2 Å². The third kappa shape index (κ3) is 3.60. The highest BCUT2D eigenvalue weighted by Crippen LogP contribution is 2.65. The number of carbonyl (C=O) groups is 2. The lowest BCUT2D eigenvalue weighted by Crippen LogP contribution is -2.38. The summed E-state index contributed by atoms with van der Waals surface area (Å²) in [6, 6.07) is 6.63. The van der Waals surface area contributed by atoms with Gasteiger partial charge in [0.15, 0.2) is 0 Å². The van der Waals surface area contributed by atoms with Crippen LogP contribution in [0.5, 0.6) is 0 Å². The molecule has 33 heavy (non-hydrogen) atoms. The van der Waals surface area contributed by atoms with E-state index >= 15 is 0 Å². The maximum absolute atomic E-state index is 13.9. The molecule has 1 aromatic heterocycles. The molecule has 4 fully saturated rings. The predicted octanol–water partition coefficient (Wildman–Crippen LogP) is 4.70. The third-order valence-corrected chi connectivity index (χ3v) is 9.47. The monoisotopic (exact) mass is 468 g/mol. The summed E-state index contributed by atoms with van der Waals surface area (Å²) in [6.45, 7) is 1.38. The van der Waals surface area contributed by atoms with E-state index in [1.54, 1.807) is 18.2 Å². The highest BCUT2D eigenvalue weighted by molar-refractivity contribution is 7.17. The summed E-state index contributed by atoms with van der Waals surface area (Å²) in [5, 5.41) is 6.83. The number of rotatable bonds is 6. The largest absolute Gasteiger partial charge is 0.376 e. The van der Waals surface area contributed by atoms with Crippen LogP contribution in [0.25, 0.3) is 0 Å². The van der Waals surface area contributed by atoms with Gasteiger partial charge < -0.3 is 15.4 Å². The zero-order chi connectivity index (χ0) is 22.6. The van der Waals surface area contributed by atoms with Gasteiger partial charge in [-0.25, -0.2) is 4.39 Å². The number of thiophene rings is 1. The van der Waals surface area contributed by atoms with Crippen LogP contribution < -0.4 is 10.6 Å². The second-order valence-electron chi connectivity index (χ2n) is 10.3. The standard InChI is InChI=1S/C26H29FN2O3S/c27-20-4-2-1-3-17(20)5-7-28-23(30)22-19-6-8-32-14-21(19)33-24(22)29-25(31)26-12-15-9-16(13-26)11-18(26)10-15/h1-4,15-16,18H,5-14H2,(H,28,30)(H,29,31). The zero-order valence-corrected chi connectivity index (χ0v) is 19.4. The lowest BCUT2D eigenvalue weighted by Gasteiger charge is -2.31. The van der Waals surface area contributed by atoms with E-state index in [1.165, 1.54) is 36.7 Å². The molecule has 5 aliphatic rings. The Labute approximate surface area is 197 Å². The van der Waals surface area contributed by atoms with Crippen molar-refractivity contribution in [2.45, 2.75) is 51.6 Å². The van der Waals surface area contributed by atoms with Crippen molar-refractivity contribution in [3.63, 3.8) is 0 Å². The molecule has 174 valence electrons. The Balaban J connectivity index is 1.21. The molecule has 2 amide bonds. The van der Waals surface area contributed by atoms with Gasteiger partial charge in [-0.3, -0.25) is 9.59 Å². The van der Waals surface area contributed by atoms with E-state index in [1.807, 2.05) is 0 Å². The predicted molar refractivity (Wildman–Crippen MR) is 125 cm³/mol. The van der Waals surface area contributed by atoms with Crippen LogP contribution in [0.2, 0.25) is 0 Å². The average Bonchev–Trinajstić information content (AvgIpc) is 3.38. The fourth-order valence-electron chi connectivity index (χ4n) is 7.06. The molecule has 4 aliphatic carbocycles. The molecule has 1 aromatic carbocycles. The molecule has 2 heterocycles. The van der Waals surface area contributed by atoms with Gasteiger partial charge in [0.2, 0.25) is 5.91 Å². The van der Waals surface area contributed by atoms with Crippen LogP contribution in [0.15, 0.2) is 24.3 Å². The molecule has 5 nitrogen and oxygen atoms in total. The number of anilines is 1. The summed E-state index contributed by atoms with van der Waals surface area (Å²) in [4.78, 5) is 27.9. The maximum Gasteiger partial charge on any atom is 0.254 e. The van der Waals surface area contributed by atoms with Crippen molar-refractivity contribution in [1.82, 2.24) is 5.32 Å². The smallest absolute Gasteiger partial charge is 0.254 e. The number of amides is 2. The van der Waals surface area contributed by atoms with Gasteiger partial charge in [0.25, 0.3) is 5.91 Å². The Morgan fingerprint density at radius 2 is 1.94 bits per heavy atom. The number of fused-ring (bicyclic) bond motifs is 1. The highest BCUT2D eigenvalue weighted by Gasteiger charge is 2.61. The lowest BCUT2D eigenvalue weighted by molar-refractivity contribution is -0.127. The number of hydrogen-bond donors (Lipinski definition) is 2. The summed E-state index contributed by atoms with van der Waals surface area (Å²) >= 11 is 1.47. The Bertz CT molecular complexity index is 1100. The van der Waals surface area contributed by atoms with Crippen LogP contribution in [0.4, 0.5) is 9.39 Å². The number of hydrogen-bond acceptors (Lipinski definition) is 4. The molecule has 4 bridgehead atoms. The van der Waals surface area contributed by atoms with E-state index in [0.717, 1.165) is 23.3 Å². The average molecular weight is 469 g/mol. The van der Waals surface area contributed by atoms with Crippen LogP contribution in [0.1, 0.15) is 58.5 Å². The van der Waals surface area contributed by atoms with Crippen molar-refractivity contribution < 1.29 is 18.7 Å². The van der Waals surface area contributed by atoms with Crippen LogP contribution in [-0.2, 0) is 29.0 Å². The Morgan fingerprint density at radius 3 is 2.73 bits per heavy atom. The third-order valence-electron chi connectivity index (χ3n) is 8.35. The molecule has 0 radical (unpaired) electrons. The molecule has 0 saturated heterocycles. The molecule has 1 aliphatic heterocycles. The van der Waals surface area contributed by atoms with Crippen LogP contribution in [-0.4, -0.2) is 25.0 Å². The second kappa shape index (κ2) is 8.20. The highest BCUT2D eigenvalue weighted by atomic mass is 32.1.